The van der Waals surface area contributed by atoms with Crippen LogP contribution in [0.15, 0.2) is 29.4 Å². The van der Waals surface area contributed by atoms with Crippen molar-refractivity contribution in [3.63, 3.8) is 0 Å². The molecule has 0 saturated heterocycles. The summed E-state index contributed by atoms with van der Waals surface area (Å²) in [7, 11) is 0. The fraction of sp³-hybridized carbons (Fsp3) is 0.111. The van der Waals surface area contributed by atoms with Gasteiger partial charge in [-0.3, -0.25) is 0 Å². The van der Waals surface area contributed by atoms with Gasteiger partial charge in [0.15, 0.2) is 5.01 Å². The molecule has 1 heterocycles. The van der Waals surface area contributed by atoms with E-state index in [9.17, 15) is 13.2 Å². The lowest BCUT2D eigenvalue weighted by Gasteiger charge is -2.04. The molecule has 1 aromatic heterocycles. The van der Waals surface area contributed by atoms with Crippen LogP contribution in [0.4, 0.5) is 13.2 Å². The molecule has 0 aliphatic heterocycles. The Morgan fingerprint density at radius 1 is 1.31 bits per heavy atom. The molecule has 0 aliphatic rings. The van der Waals surface area contributed by atoms with Gasteiger partial charge in [0, 0.05) is 0 Å². The van der Waals surface area contributed by atoms with Gasteiger partial charge in [0.1, 0.15) is 0 Å². The number of benzene rings is 1. The Hall–Kier alpha value is -1.63. The maximum absolute atomic E-state index is 12.4. The van der Waals surface area contributed by atoms with Gasteiger partial charge in [-0.2, -0.15) is 13.2 Å². The molecule has 0 fully saturated rings. The molecular formula is C9H5F3N2OS. The Bertz CT molecular complexity index is 514. The molecule has 0 atom stereocenters. The van der Waals surface area contributed by atoms with E-state index in [1.165, 1.54) is 0 Å². The Labute approximate surface area is 91.8 Å². The summed E-state index contributed by atoms with van der Waals surface area (Å²) >= 11 is 0.835. The Morgan fingerprint density at radius 2 is 2.00 bits per heavy atom. The molecule has 0 amide bonds. The zero-order valence-electron chi connectivity index (χ0n) is 7.69. The van der Waals surface area contributed by atoms with Gasteiger partial charge in [-0.1, -0.05) is 17.3 Å². The smallest absolute Gasteiger partial charge is 0.410 e. The third kappa shape index (κ3) is 1.85. The van der Waals surface area contributed by atoms with Crippen LogP contribution >= 0.6 is 11.3 Å². The van der Waals surface area contributed by atoms with E-state index in [1.807, 2.05) is 0 Å². The van der Waals surface area contributed by atoms with E-state index < -0.39 is 11.9 Å². The average Bonchev–Trinajstić information content (AvgIpc) is 2.59. The number of halogens is 3. The highest BCUT2D eigenvalue weighted by Gasteiger charge is 2.39. The summed E-state index contributed by atoms with van der Waals surface area (Å²) in [4.78, 5) is 3.76. The third-order valence-electron chi connectivity index (χ3n) is 1.86. The first-order chi connectivity index (χ1) is 7.52. The molecule has 2 rings (SSSR count). The third-order valence-corrected chi connectivity index (χ3v) is 2.91. The fourth-order valence-corrected chi connectivity index (χ4v) is 2.16. The van der Waals surface area contributed by atoms with Crippen LogP contribution in [0.2, 0.25) is 0 Å². The van der Waals surface area contributed by atoms with E-state index in [1.54, 1.807) is 24.3 Å². The van der Waals surface area contributed by atoms with Crippen LogP contribution in [0.25, 0.3) is 10.2 Å². The fourth-order valence-electron chi connectivity index (χ4n) is 1.19. The summed E-state index contributed by atoms with van der Waals surface area (Å²) in [6.45, 7) is 0. The van der Waals surface area contributed by atoms with Gasteiger partial charge >= 0.3 is 6.18 Å². The van der Waals surface area contributed by atoms with Gasteiger partial charge in [0.2, 0.25) is 5.71 Å². The molecule has 2 aromatic rings. The van der Waals surface area contributed by atoms with Crippen LogP contribution < -0.4 is 0 Å². The second-order valence-corrected chi connectivity index (χ2v) is 3.96. The number of rotatable bonds is 1. The number of fused-ring (bicyclic) bond motifs is 1. The van der Waals surface area contributed by atoms with Gasteiger partial charge in [0.25, 0.3) is 0 Å². The Kier molecular flexibility index (Phi) is 2.55. The minimum absolute atomic E-state index is 0.337. The number of nitrogens with zero attached hydrogens (tertiary/aromatic N) is 2. The lowest BCUT2D eigenvalue weighted by Crippen LogP contribution is -2.23. The lowest BCUT2D eigenvalue weighted by atomic mass is 10.3. The minimum Gasteiger partial charge on any atom is -0.410 e. The number of alkyl halides is 3. The molecule has 0 radical (unpaired) electrons. The van der Waals surface area contributed by atoms with Crippen LogP contribution in [0, 0.1) is 0 Å². The molecule has 0 saturated carbocycles. The standard InChI is InChI=1S/C9H5F3N2OS/c10-9(11,12)7(14-15)8-13-5-3-1-2-4-6(5)16-8/h1-4,15H/b14-7-. The van der Waals surface area contributed by atoms with Crippen molar-refractivity contribution in [3.8, 4) is 0 Å². The van der Waals surface area contributed by atoms with Crippen molar-refractivity contribution in [2.75, 3.05) is 0 Å². The lowest BCUT2D eigenvalue weighted by molar-refractivity contribution is -0.0601. The largest absolute Gasteiger partial charge is 0.439 e. The summed E-state index contributed by atoms with van der Waals surface area (Å²) in [5.41, 5.74) is -0.915. The molecule has 3 nitrogen and oxygen atoms in total. The van der Waals surface area contributed by atoms with Gasteiger partial charge in [0.05, 0.1) is 10.2 Å². The Balaban J connectivity index is 2.55. The molecular weight excluding hydrogens is 241 g/mol. The summed E-state index contributed by atoms with van der Waals surface area (Å²) in [6, 6.07) is 6.63. The molecule has 1 aromatic carbocycles. The van der Waals surface area contributed by atoms with Crippen LogP contribution in [0.1, 0.15) is 5.01 Å². The van der Waals surface area contributed by atoms with Crippen LogP contribution in [0.3, 0.4) is 0 Å². The maximum atomic E-state index is 12.4. The van der Waals surface area contributed by atoms with Crippen LogP contribution in [-0.4, -0.2) is 22.1 Å². The number of thiazole rings is 1. The summed E-state index contributed by atoms with van der Waals surface area (Å²) in [5, 5.41) is 10.3. The van der Waals surface area contributed by atoms with Crippen molar-refractivity contribution < 1.29 is 18.4 Å². The molecule has 84 valence electrons. The first-order valence-corrected chi connectivity index (χ1v) is 4.99. The Morgan fingerprint density at radius 3 is 2.56 bits per heavy atom. The predicted molar refractivity (Wildman–Crippen MR) is 54.0 cm³/mol. The van der Waals surface area contributed by atoms with E-state index in [4.69, 9.17) is 5.21 Å². The molecule has 1 N–H and O–H groups in total. The van der Waals surface area contributed by atoms with Crippen LogP contribution in [-0.2, 0) is 0 Å². The van der Waals surface area contributed by atoms with E-state index in [2.05, 4.69) is 10.1 Å². The topological polar surface area (TPSA) is 45.5 Å². The number of hydrogen-bond acceptors (Lipinski definition) is 4. The van der Waals surface area contributed by atoms with E-state index >= 15 is 0 Å². The number of hydrogen-bond donors (Lipinski definition) is 1. The molecule has 0 spiro atoms. The number of oxime groups is 1. The van der Waals surface area contributed by atoms with Crippen molar-refractivity contribution in [2.24, 2.45) is 5.16 Å². The predicted octanol–water partition coefficient (Wildman–Crippen LogP) is 3.04. The summed E-state index contributed by atoms with van der Waals surface area (Å²) < 4.78 is 37.8. The van der Waals surface area contributed by atoms with E-state index in [0.717, 1.165) is 11.3 Å². The summed E-state index contributed by atoms with van der Waals surface area (Å²) in [5.74, 6) is 0. The van der Waals surface area contributed by atoms with Gasteiger partial charge in [-0.15, -0.1) is 11.3 Å². The zero-order valence-corrected chi connectivity index (χ0v) is 8.51. The monoisotopic (exact) mass is 246 g/mol. The zero-order chi connectivity index (χ0) is 11.8. The number of aromatic nitrogens is 1. The normalized spacial score (nSPS) is 13.3. The van der Waals surface area contributed by atoms with Crippen molar-refractivity contribution in [3.05, 3.63) is 29.3 Å². The highest BCUT2D eigenvalue weighted by atomic mass is 32.1. The second-order valence-electron chi connectivity index (χ2n) is 2.93. The first-order valence-electron chi connectivity index (χ1n) is 4.17. The molecule has 7 heteroatoms. The van der Waals surface area contributed by atoms with Crippen LogP contribution in [0.5, 0.6) is 0 Å². The maximum Gasteiger partial charge on any atom is 0.439 e. The quantitative estimate of drug-likeness (QED) is 0.477. The molecule has 0 unspecified atom stereocenters. The highest BCUT2D eigenvalue weighted by molar-refractivity contribution is 7.20. The second kappa shape index (κ2) is 3.75. The molecule has 16 heavy (non-hydrogen) atoms. The van der Waals surface area contributed by atoms with E-state index in [0.29, 0.717) is 10.2 Å². The van der Waals surface area contributed by atoms with Crippen molar-refractivity contribution in [2.45, 2.75) is 6.18 Å². The van der Waals surface area contributed by atoms with Crippen molar-refractivity contribution in [1.82, 2.24) is 4.98 Å². The van der Waals surface area contributed by atoms with Gasteiger partial charge < -0.3 is 5.21 Å². The van der Waals surface area contributed by atoms with E-state index in [-0.39, 0.29) is 5.01 Å². The minimum atomic E-state index is -4.71. The SMILES string of the molecule is O/N=C(/c1nc2ccccc2s1)C(F)(F)F. The van der Waals surface area contributed by atoms with Crippen molar-refractivity contribution >= 4 is 27.3 Å². The molecule has 0 aliphatic carbocycles. The molecule has 0 bridgehead atoms. The summed E-state index contributed by atoms with van der Waals surface area (Å²) in [6.07, 6.45) is -4.71. The highest BCUT2D eigenvalue weighted by Crippen LogP contribution is 2.28. The first kappa shape index (κ1) is 10.9. The van der Waals surface area contributed by atoms with Crippen molar-refractivity contribution in [1.29, 1.82) is 0 Å². The van der Waals surface area contributed by atoms with Gasteiger partial charge in [-0.05, 0) is 12.1 Å². The van der Waals surface area contributed by atoms with Gasteiger partial charge in [-0.25, -0.2) is 4.98 Å². The number of para-hydroxylation sites is 1. The average molecular weight is 246 g/mol.